The first-order chi connectivity index (χ1) is 12.2. The Morgan fingerprint density at radius 1 is 1.42 bits per heavy atom. The summed E-state index contributed by atoms with van der Waals surface area (Å²) in [6.07, 6.45) is 6.51. The minimum atomic E-state index is -1.12. The summed E-state index contributed by atoms with van der Waals surface area (Å²) in [5.74, 6) is -0.0349. The molecule has 3 aliphatic rings. The first-order valence-corrected chi connectivity index (χ1v) is 9.58. The third-order valence-electron chi connectivity index (χ3n) is 7.21. The van der Waals surface area contributed by atoms with Gasteiger partial charge in [-0.15, -0.1) is 0 Å². The second-order valence-corrected chi connectivity index (χ2v) is 8.60. The molecule has 5 nitrogen and oxygen atoms in total. The zero-order valence-electron chi connectivity index (χ0n) is 16.0. The number of hydrogen-bond acceptors (Lipinski definition) is 5. The van der Waals surface area contributed by atoms with Crippen LogP contribution in [0.3, 0.4) is 0 Å². The van der Waals surface area contributed by atoms with Gasteiger partial charge in [0.05, 0.1) is 12.5 Å². The number of fused-ring (bicyclic) bond motifs is 1. The van der Waals surface area contributed by atoms with E-state index in [0.717, 1.165) is 38.5 Å². The molecule has 0 aromatic carbocycles. The molecule has 0 aromatic heterocycles. The lowest BCUT2D eigenvalue weighted by Crippen LogP contribution is -2.53. The van der Waals surface area contributed by atoms with Gasteiger partial charge >= 0.3 is 11.9 Å². The van der Waals surface area contributed by atoms with Crippen LogP contribution in [0.4, 0.5) is 0 Å². The Hall–Kier alpha value is -1.62. The fraction of sp³-hybridized carbons (Fsp3) is 0.714. The first kappa shape index (κ1) is 19.2. The molecule has 0 radical (unpaired) electrons. The van der Waals surface area contributed by atoms with Crippen LogP contribution < -0.4 is 0 Å². The maximum Gasteiger partial charge on any atom is 0.336 e. The van der Waals surface area contributed by atoms with E-state index in [-0.39, 0.29) is 23.2 Å². The lowest BCUT2D eigenvalue weighted by molar-refractivity contribution is -0.168. The van der Waals surface area contributed by atoms with Crippen molar-refractivity contribution < 1.29 is 24.2 Å². The number of aliphatic hydroxyl groups is 1. The highest BCUT2D eigenvalue weighted by molar-refractivity contribution is 5.90. The average Bonchev–Trinajstić information content (AvgIpc) is 2.90. The molecule has 26 heavy (non-hydrogen) atoms. The molecule has 5 heteroatoms. The molecule has 144 valence electrons. The molecule has 0 spiro atoms. The van der Waals surface area contributed by atoms with E-state index in [1.54, 1.807) is 0 Å². The zero-order valence-corrected chi connectivity index (χ0v) is 16.0. The predicted molar refractivity (Wildman–Crippen MR) is 96.9 cm³/mol. The summed E-state index contributed by atoms with van der Waals surface area (Å²) >= 11 is 0. The topological polar surface area (TPSA) is 72.8 Å². The monoisotopic (exact) mass is 362 g/mol. The van der Waals surface area contributed by atoms with Gasteiger partial charge in [0, 0.05) is 5.57 Å². The fourth-order valence-corrected chi connectivity index (χ4v) is 5.90. The van der Waals surface area contributed by atoms with Crippen LogP contribution in [0.1, 0.15) is 58.8 Å². The van der Waals surface area contributed by atoms with Crippen LogP contribution in [0, 0.1) is 22.7 Å². The van der Waals surface area contributed by atoms with Crippen LogP contribution in [0.2, 0.25) is 0 Å². The Balaban J connectivity index is 1.83. The van der Waals surface area contributed by atoms with Crippen LogP contribution in [0.5, 0.6) is 0 Å². The van der Waals surface area contributed by atoms with E-state index in [1.165, 1.54) is 18.8 Å². The van der Waals surface area contributed by atoms with Gasteiger partial charge in [-0.3, -0.25) is 4.79 Å². The van der Waals surface area contributed by atoms with Gasteiger partial charge in [0.1, 0.15) is 0 Å². The van der Waals surface area contributed by atoms with Crippen LogP contribution in [-0.2, 0) is 19.1 Å². The number of carbonyl (C=O) groups is 2. The molecule has 0 saturated heterocycles. The van der Waals surface area contributed by atoms with Crippen molar-refractivity contribution in [2.45, 2.75) is 65.1 Å². The highest BCUT2D eigenvalue weighted by atomic mass is 16.6. The molecule has 2 fully saturated rings. The van der Waals surface area contributed by atoms with E-state index in [0.29, 0.717) is 12.0 Å². The van der Waals surface area contributed by atoms with Crippen molar-refractivity contribution in [3.05, 3.63) is 23.8 Å². The molecule has 0 bridgehead atoms. The minimum Gasteiger partial charge on any atom is -0.469 e. The molecule has 0 amide bonds. The van der Waals surface area contributed by atoms with E-state index in [2.05, 4.69) is 20.4 Å². The fourth-order valence-electron chi connectivity index (χ4n) is 5.90. The van der Waals surface area contributed by atoms with Gasteiger partial charge in [-0.2, -0.15) is 0 Å². The number of allylic oxidation sites excluding steroid dienone is 1. The SMILES string of the molecule is C=C1CC[C@@H]2[C@@](C)(CCC[C@]2(C)C(=O)OC)[C@H]1CCC1=C[C@H](O)OC1=O. The molecule has 3 rings (SSSR count). The Bertz CT molecular complexity index is 651. The number of esters is 2. The molecule has 0 unspecified atom stereocenters. The van der Waals surface area contributed by atoms with Crippen LogP contribution in [0.15, 0.2) is 23.8 Å². The number of methoxy groups -OCH3 is 1. The Labute approximate surface area is 155 Å². The van der Waals surface area contributed by atoms with E-state index < -0.39 is 17.7 Å². The highest BCUT2D eigenvalue weighted by Gasteiger charge is 2.57. The number of aliphatic hydroxyl groups excluding tert-OH is 1. The predicted octanol–water partition coefficient (Wildman–Crippen LogP) is 3.52. The van der Waals surface area contributed by atoms with E-state index in [9.17, 15) is 14.7 Å². The molecule has 1 N–H and O–H groups in total. The second kappa shape index (κ2) is 6.84. The number of ether oxygens (including phenoxy) is 2. The van der Waals surface area contributed by atoms with Gasteiger partial charge in [0.2, 0.25) is 6.29 Å². The second-order valence-electron chi connectivity index (χ2n) is 8.60. The van der Waals surface area contributed by atoms with E-state index >= 15 is 0 Å². The zero-order chi connectivity index (χ0) is 19.1. The Morgan fingerprint density at radius 3 is 2.77 bits per heavy atom. The van der Waals surface area contributed by atoms with Gasteiger partial charge in [0.25, 0.3) is 0 Å². The molecule has 5 atom stereocenters. The summed E-state index contributed by atoms with van der Waals surface area (Å²) in [4.78, 5) is 24.4. The van der Waals surface area contributed by atoms with Crippen molar-refractivity contribution in [1.82, 2.24) is 0 Å². The summed E-state index contributed by atoms with van der Waals surface area (Å²) in [6.45, 7) is 8.66. The minimum absolute atomic E-state index is 0.0296. The van der Waals surface area contributed by atoms with Gasteiger partial charge in [-0.25, -0.2) is 4.79 Å². The Kier molecular flexibility index (Phi) is 5.04. The highest BCUT2D eigenvalue weighted by Crippen LogP contribution is 2.62. The maximum absolute atomic E-state index is 12.6. The van der Waals surface area contributed by atoms with Crippen molar-refractivity contribution in [3.8, 4) is 0 Å². The van der Waals surface area contributed by atoms with Crippen molar-refractivity contribution >= 4 is 11.9 Å². The van der Waals surface area contributed by atoms with Crippen molar-refractivity contribution in [3.63, 3.8) is 0 Å². The third-order valence-corrected chi connectivity index (χ3v) is 7.21. The smallest absolute Gasteiger partial charge is 0.336 e. The number of rotatable bonds is 4. The summed E-state index contributed by atoms with van der Waals surface area (Å²) in [5, 5.41) is 9.47. The normalized spacial score (nSPS) is 39.8. The number of cyclic esters (lactones) is 1. The van der Waals surface area contributed by atoms with Gasteiger partial charge < -0.3 is 14.6 Å². The quantitative estimate of drug-likeness (QED) is 0.612. The molecule has 2 saturated carbocycles. The maximum atomic E-state index is 12.6. The van der Waals surface area contributed by atoms with Gasteiger partial charge in [-0.1, -0.05) is 25.5 Å². The van der Waals surface area contributed by atoms with Crippen molar-refractivity contribution in [1.29, 1.82) is 0 Å². The number of carbonyl (C=O) groups excluding carboxylic acids is 2. The van der Waals surface area contributed by atoms with E-state index in [1.807, 2.05) is 0 Å². The first-order valence-electron chi connectivity index (χ1n) is 9.58. The summed E-state index contributed by atoms with van der Waals surface area (Å²) in [6, 6.07) is 0. The summed E-state index contributed by atoms with van der Waals surface area (Å²) in [5.41, 5.74) is 1.27. The van der Waals surface area contributed by atoms with Gasteiger partial charge in [0.15, 0.2) is 0 Å². The lowest BCUT2D eigenvalue weighted by atomic mass is 9.46. The molecular weight excluding hydrogens is 332 g/mol. The lowest BCUT2D eigenvalue weighted by Gasteiger charge is -2.57. The standard InChI is InChI=1S/C21H30O5/c1-13-6-9-16-20(2,10-5-11-21(16,3)19(24)25-4)15(13)8-7-14-12-17(22)26-18(14)23/h12,15-17,22H,1,5-11H2,2-4H3/t15-,16+,17+,20-,21-/m0/s1. The average molecular weight is 362 g/mol. The van der Waals surface area contributed by atoms with Crippen LogP contribution in [-0.4, -0.2) is 30.4 Å². The van der Waals surface area contributed by atoms with Crippen LogP contribution in [0.25, 0.3) is 0 Å². The molecular formula is C21H30O5. The van der Waals surface area contributed by atoms with Crippen molar-refractivity contribution in [2.75, 3.05) is 7.11 Å². The van der Waals surface area contributed by atoms with E-state index in [4.69, 9.17) is 9.47 Å². The van der Waals surface area contributed by atoms with Crippen LogP contribution >= 0.6 is 0 Å². The molecule has 0 aromatic rings. The molecule has 2 aliphatic carbocycles. The number of hydrogen-bond donors (Lipinski definition) is 1. The summed E-state index contributed by atoms with van der Waals surface area (Å²) in [7, 11) is 1.47. The third kappa shape index (κ3) is 3.00. The molecule has 1 heterocycles. The molecule has 1 aliphatic heterocycles. The summed E-state index contributed by atoms with van der Waals surface area (Å²) < 4.78 is 9.95. The largest absolute Gasteiger partial charge is 0.469 e. The Morgan fingerprint density at radius 2 is 2.15 bits per heavy atom. The van der Waals surface area contributed by atoms with Gasteiger partial charge in [-0.05, 0) is 68.8 Å². The van der Waals surface area contributed by atoms with Crippen molar-refractivity contribution in [2.24, 2.45) is 22.7 Å².